The van der Waals surface area contributed by atoms with Crippen LogP contribution in [0.2, 0.25) is 0 Å². The number of thiocarbonyl (C=S) groups is 1. The Balaban J connectivity index is 3.11. The molecule has 0 aromatic carbocycles. The summed E-state index contributed by atoms with van der Waals surface area (Å²) in [6.07, 6.45) is 2.62. The Bertz CT molecular complexity index is 328. The van der Waals surface area contributed by atoms with Gasteiger partial charge in [-0.05, 0) is 37.8 Å². The fourth-order valence-electron chi connectivity index (χ4n) is 1.53. The Morgan fingerprint density at radius 3 is 2.71 bits per heavy atom. The van der Waals surface area contributed by atoms with Crippen molar-refractivity contribution < 1.29 is 4.79 Å². The number of hydrogen-bond donors (Lipinski definition) is 0. The van der Waals surface area contributed by atoms with Crippen molar-refractivity contribution in [3.63, 3.8) is 0 Å². The third-order valence-corrected chi connectivity index (χ3v) is 3.18. The molecule has 0 amide bonds. The molecule has 1 atom stereocenters. The maximum atomic E-state index is 10.9. The maximum absolute atomic E-state index is 10.9. The Labute approximate surface area is 90.1 Å². The zero-order chi connectivity index (χ0) is 10.7. The minimum Gasteiger partial charge on any atom is -0.298 e. The van der Waals surface area contributed by atoms with Crippen molar-refractivity contribution >= 4 is 29.2 Å². The van der Waals surface area contributed by atoms with Crippen LogP contribution >= 0.6 is 12.2 Å². The molecule has 0 radical (unpaired) electrons. The molecule has 0 saturated heterocycles. The van der Waals surface area contributed by atoms with Crippen LogP contribution in [0.1, 0.15) is 33.6 Å². The summed E-state index contributed by atoms with van der Waals surface area (Å²) in [4.78, 5) is 16.0. The molecular formula is C11H15NOS. The third-order valence-electron chi connectivity index (χ3n) is 2.75. The first-order valence-electron chi connectivity index (χ1n) is 4.84. The largest absolute Gasteiger partial charge is 0.298 e. The summed E-state index contributed by atoms with van der Waals surface area (Å²) in [6, 6.07) is 0. The summed E-state index contributed by atoms with van der Waals surface area (Å²) in [5, 5.41) is 0. The van der Waals surface area contributed by atoms with Gasteiger partial charge in [-0.1, -0.05) is 19.1 Å². The van der Waals surface area contributed by atoms with E-state index in [2.05, 4.69) is 11.9 Å². The molecule has 1 unspecified atom stereocenters. The molecule has 0 bridgehead atoms. The van der Waals surface area contributed by atoms with Gasteiger partial charge in [0.1, 0.15) is 11.3 Å². The molecule has 14 heavy (non-hydrogen) atoms. The van der Waals surface area contributed by atoms with E-state index < -0.39 is 0 Å². The van der Waals surface area contributed by atoms with Gasteiger partial charge < -0.3 is 0 Å². The summed E-state index contributed by atoms with van der Waals surface area (Å²) in [5.41, 5.74) is 2.71. The first-order chi connectivity index (χ1) is 6.60. The van der Waals surface area contributed by atoms with Gasteiger partial charge >= 0.3 is 0 Å². The van der Waals surface area contributed by atoms with Gasteiger partial charge in [-0.3, -0.25) is 4.79 Å². The van der Waals surface area contributed by atoms with Crippen molar-refractivity contribution in [1.29, 1.82) is 0 Å². The third kappa shape index (κ3) is 2.15. The fourth-order valence-corrected chi connectivity index (χ4v) is 1.92. The molecule has 1 aliphatic heterocycles. The molecule has 3 heteroatoms. The summed E-state index contributed by atoms with van der Waals surface area (Å²) in [6.45, 7) is 5.91. The van der Waals surface area contributed by atoms with Crippen LogP contribution in [0, 0.1) is 5.92 Å². The van der Waals surface area contributed by atoms with Crippen molar-refractivity contribution in [2.75, 3.05) is 0 Å². The molecule has 0 aliphatic carbocycles. The number of carbonyl (C=O) groups excluding carboxylic acids is 1. The Hall–Kier alpha value is -0.830. The molecule has 0 fully saturated rings. The van der Waals surface area contributed by atoms with Gasteiger partial charge in [0.15, 0.2) is 0 Å². The van der Waals surface area contributed by atoms with E-state index in [0.29, 0.717) is 0 Å². The molecule has 76 valence electrons. The van der Waals surface area contributed by atoms with Gasteiger partial charge in [-0.15, -0.1) is 0 Å². The van der Waals surface area contributed by atoms with Crippen LogP contribution in [-0.4, -0.2) is 17.0 Å². The first kappa shape index (κ1) is 11.2. The van der Waals surface area contributed by atoms with E-state index in [0.717, 1.165) is 41.0 Å². The molecule has 2 nitrogen and oxygen atoms in total. The zero-order valence-corrected chi connectivity index (χ0v) is 9.65. The van der Waals surface area contributed by atoms with E-state index in [4.69, 9.17) is 12.2 Å². The second kappa shape index (κ2) is 4.60. The summed E-state index contributed by atoms with van der Waals surface area (Å²) in [5.74, 6) is 0.248. The van der Waals surface area contributed by atoms with Crippen molar-refractivity contribution in [3.05, 3.63) is 11.1 Å². The molecule has 0 saturated carbocycles. The minimum absolute atomic E-state index is 0.248. The van der Waals surface area contributed by atoms with Crippen LogP contribution in [0.3, 0.4) is 0 Å². The van der Waals surface area contributed by atoms with E-state index >= 15 is 0 Å². The average molecular weight is 209 g/mol. The summed E-state index contributed by atoms with van der Waals surface area (Å²) >= 11 is 5.21. The summed E-state index contributed by atoms with van der Waals surface area (Å²) < 4.78 is 0. The van der Waals surface area contributed by atoms with Crippen molar-refractivity contribution in [2.24, 2.45) is 10.9 Å². The van der Waals surface area contributed by atoms with E-state index in [1.165, 1.54) is 0 Å². The average Bonchev–Trinajstić information content (AvgIpc) is 2.27. The van der Waals surface area contributed by atoms with Gasteiger partial charge in [-0.25, -0.2) is 4.99 Å². The van der Waals surface area contributed by atoms with Crippen LogP contribution in [0.4, 0.5) is 0 Å². The van der Waals surface area contributed by atoms with Gasteiger partial charge in [0.25, 0.3) is 0 Å². The van der Waals surface area contributed by atoms with E-state index in [9.17, 15) is 4.79 Å². The zero-order valence-electron chi connectivity index (χ0n) is 8.83. The molecule has 1 heterocycles. The lowest BCUT2D eigenvalue weighted by Gasteiger charge is -2.10. The predicted molar refractivity (Wildman–Crippen MR) is 62.9 cm³/mol. The molecule has 1 rings (SSSR count). The lowest BCUT2D eigenvalue weighted by molar-refractivity contribution is -0.105. The smallest absolute Gasteiger partial charge is 0.146 e. The first-order valence-corrected chi connectivity index (χ1v) is 5.25. The van der Waals surface area contributed by atoms with Gasteiger partial charge in [0, 0.05) is 11.6 Å². The molecule has 1 aliphatic rings. The molecule has 0 N–H and O–H groups in total. The van der Waals surface area contributed by atoms with E-state index in [1.54, 1.807) is 0 Å². The van der Waals surface area contributed by atoms with Crippen LogP contribution in [-0.2, 0) is 4.79 Å². The quantitative estimate of drug-likeness (QED) is 0.517. The number of aldehydes is 1. The van der Waals surface area contributed by atoms with Crippen LogP contribution in [0.15, 0.2) is 16.1 Å². The van der Waals surface area contributed by atoms with Crippen molar-refractivity contribution in [3.8, 4) is 0 Å². The molecule has 0 aromatic rings. The number of rotatable bonds is 2. The van der Waals surface area contributed by atoms with Crippen LogP contribution in [0.5, 0.6) is 0 Å². The number of hydrogen-bond acceptors (Lipinski definition) is 2. The number of allylic oxidation sites excluding steroid dienone is 2. The second-order valence-corrected chi connectivity index (χ2v) is 4.03. The Kier molecular flexibility index (Phi) is 3.69. The number of carbonyl (C=O) groups is 1. The summed E-state index contributed by atoms with van der Waals surface area (Å²) in [7, 11) is 0. The lowest BCUT2D eigenvalue weighted by atomic mass is 9.95. The molecule has 0 spiro atoms. The molecule has 0 aromatic heterocycles. The van der Waals surface area contributed by atoms with Gasteiger partial charge in [0.2, 0.25) is 0 Å². The second-order valence-electron chi connectivity index (χ2n) is 3.61. The van der Waals surface area contributed by atoms with E-state index in [-0.39, 0.29) is 5.92 Å². The topological polar surface area (TPSA) is 29.4 Å². The van der Waals surface area contributed by atoms with Crippen LogP contribution in [0.25, 0.3) is 0 Å². The lowest BCUT2D eigenvalue weighted by Crippen LogP contribution is -2.09. The molecular weight excluding hydrogens is 194 g/mol. The number of aliphatic imine (C=N–C) groups is 1. The Morgan fingerprint density at radius 1 is 1.57 bits per heavy atom. The van der Waals surface area contributed by atoms with Crippen molar-refractivity contribution in [1.82, 2.24) is 0 Å². The van der Waals surface area contributed by atoms with E-state index in [1.807, 2.05) is 13.8 Å². The highest BCUT2D eigenvalue weighted by atomic mass is 32.1. The van der Waals surface area contributed by atoms with Gasteiger partial charge in [-0.2, -0.15) is 0 Å². The fraction of sp³-hybridized carbons (Fsp3) is 0.545. The SMILES string of the molecule is CCC1CC(C=O)=C(C)C(C)=NC1=S. The monoisotopic (exact) mass is 209 g/mol. The standard InChI is InChI=1S/C11H15NOS/c1-4-9-5-10(6-13)7(2)8(3)12-11(9)14/h6,9H,4-5H2,1-3H3. The highest BCUT2D eigenvalue weighted by Crippen LogP contribution is 2.23. The van der Waals surface area contributed by atoms with Crippen molar-refractivity contribution in [2.45, 2.75) is 33.6 Å². The predicted octanol–water partition coefficient (Wildman–Crippen LogP) is 2.72. The Morgan fingerprint density at radius 2 is 2.21 bits per heavy atom. The normalized spacial score (nSPS) is 23.2. The van der Waals surface area contributed by atoms with Crippen LogP contribution < -0.4 is 0 Å². The number of nitrogens with zero attached hydrogens (tertiary/aromatic N) is 1. The highest BCUT2D eigenvalue weighted by Gasteiger charge is 2.19. The van der Waals surface area contributed by atoms with Gasteiger partial charge in [0.05, 0.1) is 0 Å². The minimum atomic E-state index is 0.248. The highest BCUT2D eigenvalue weighted by molar-refractivity contribution is 7.80. The maximum Gasteiger partial charge on any atom is 0.146 e.